The lowest BCUT2D eigenvalue weighted by Crippen LogP contribution is -2.18. The summed E-state index contributed by atoms with van der Waals surface area (Å²) in [7, 11) is 2.98. The van der Waals surface area contributed by atoms with E-state index in [1.807, 2.05) is 0 Å². The molecule has 0 bridgehead atoms. The Labute approximate surface area is 221 Å². The van der Waals surface area contributed by atoms with Crippen LogP contribution in [0.3, 0.4) is 0 Å². The van der Waals surface area contributed by atoms with Gasteiger partial charge in [0.15, 0.2) is 6.29 Å². The Bertz CT molecular complexity index is 1380. The largest absolute Gasteiger partial charge is 0.494 e. The first-order valence-electron chi connectivity index (χ1n) is 10.8. The molecule has 3 heterocycles. The predicted molar refractivity (Wildman–Crippen MR) is 139 cm³/mol. The van der Waals surface area contributed by atoms with E-state index in [1.165, 1.54) is 36.2 Å². The first-order chi connectivity index (χ1) is 17.5. The third kappa shape index (κ3) is 7.02. The summed E-state index contributed by atoms with van der Waals surface area (Å²) in [5.41, 5.74) is 0.773. The number of carbonyl (C=O) groups is 1. The van der Waals surface area contributed by atoms with Gasteiger partial charge in [-0.25, -0.2) is 22.5 Å². The fraction of sp³-hybridized carbons (Fsp3) is 0.292. The van der Waals surface area contributed by atoms with Crippen LogP contribution in [-0.2, 0) is 0 Å². The van der Waals surface area contributed by atoms with E-state index in [-0.39, 0.29) is 47.3 Å². The Morgan fingerprint density at radius 1 is 1.29 bits per heavy atom. The van der Waals surface area contributed by atoms with Crippen molar-refractivity contribution in [2.24, 2.45) is 5.92 Å². The zero-order valence-electron chi connectivity index (χ0n) is 20.7. The molecular formula is C24H28F4N6O3S. The van der Waals surface area contributed by atoms with Crippen molar-refractivity contribution in [2.75, 3.05) is 14.2 Å². The van der Waals surface area contributed by atoms with Crippen LogP contribution < -0.4 is 21.2 Å². The van der Waals surface area contributed by atoms with Gasteiger partial charge >= 0.3 is 0 Å². The number of pyridine rings is 3. The van der Waals surface area contributed by atoms with Crippen LogP contribution in [0.5, 0.6) is 5.75 Å². The monoisotopic (exact) mass is 556 g/mol. The third-order valence-corrected chi connectivity index (χ3v) is 6.05. The molecule has 3 aromatic heterocycles. The second kappa shape index (κ2) is 12.8. The fourth-order valence-corrected chi connectivity index (χ4v) is 3.93. The van der Waals surface area contributed by atoms with Crippen molar-refractivity contribution in [3.63, 3.8) is 0 Å². The molecular weight excluding hydrogens is 528 g/mol. The summed E-state index contributed by atoms with van der Waals surface area (Å²) >= 11 is 0.957. The van der Waals surface area contributed by atoms with Crippen molar-refractivity contribution in [1.82, 2.24) is 25.4 Å². The number of hydrogen-bond acceptors (Lipinski definition) is 9. The summed E-state index contributed by atoms with van der Waals surface area (Å²) in [4.78, 5) is 31.5. The molecule has 0 spiro atoms. The van der Waals surface area contributed by atoms with E-state index < -0.39 is 24.0 Å². The van der Waals surface area contributed by atoms with Crippen LogP contribution in [0.25, 0.3) is 16.9 Å². The Hall–Kier alpha value is -3.62. The van der Waals surface area contributed by atoms with Gasteiger partial charge in [-0.1, -0.05) is 0 Å². The molecule has 1 fully saturated rings. The Kier molecular flexibility index (Phi) is 10.3. The molecule has 1 saturated carbocycles. The van der Waals surface area contributed by atoms with Gasteiger partial charge in [0.2, 0.25) is 0 Å². The maximum absolute atomic E-state index is 13.1. The average molecular weight is 557 g/mol. The zero-order chi connectivity index (χ0) is 27.3. The highest BCUT2D eigenvalue weighted by atomic mass is 32.2. The second-order valence-corrected chi connectivity index (χ2v) is 9.01. The van der Waals surface area contributed by atoms with E-state index in [2.05, 4.69) is 14.7 Å². The summed E-state index contributed by atoms with van der Waals surface area (Å²) < 4.78 is 59.6. The molecule has 3 aromatic rings. The standard InChI is InChI=1S/C19H15F2N3O3.C5H8F2N2S.H3N.H2/c1-11-3-4-24(18(26)5-11)17-7-13(12(10-25)8-23-17)14-6-15(19(20)21)22-9-16(14)27-2;1-9-10-4(8)3-2-5(3,6)7;;/h3-10,19H,1-2H3;3,8-9H,2H2,1H3;1H3;1H. The molecule has 14 heteroatoms. The highest BCUT2D eigenvalue weighted by molar-refractivity contribution is 8.12. The Balaban J connectivity index is 0.000000538. The number of ether oxygens (including phenoxy) is 1. The number of halogens is 4. The summed E-state index contributed by atoms with van der Waals surface area (Å²) in [6.07, 6.45) is 1.64. The lowest BCUT2D eigenvalue weighted by Gasteiger charge is -2.13. The van der Waals surface area contributed by atoms with Gasteiger partial charge in [-0.05, 0) is 49.7 Å². The molecule has 1 unspecified atom stereocenters. The highest BCUT2D eigenvalue weighted by Crippen LogP contribution is 2.50. The maximum Gasteiger partial charge on any atom is 0.280 e. The Morgan fingerprint density at radius 3 is 2.50 bits per heavy atom. The number of nitrogens with one attached hydrogen (secondary N) is 2. The number of rotatable bonds is 7. The maximum atomic E-state index is 13.1. The van der Waals surface area contributed by atoms with Crippen LogP contribution in [0.2, 0.25) is 0 Å². The molecule has 4 rings (SSSR count). The van der Waals surface area contributed by atoms with Gasteiger partial charge in [-0.3, -0.25) is 29.3 Å². The van der Waals surface area contributed by atoms with E-state index in [0.717, 1.165) is 23.6 Å². The van der Waals surface area contributed by atoms with Gasteiger partial charge in [0.1, 0.15) is 17.3 Å². The number of aldehydes is 1. The molecule has 38 heavy (non-hydrogen) atoms. The SMILES string of the molecule is CNSC(=N)C1CC1(F)F.COc1cnc(C(F)F)cc1-c1cc(-n2ccc(C)cc2=O)ncc1C=O.N.[HH]. The van der Waals surface area contributed by atoms with E-state index >= 15 is 0 Å². The lowest BCUT2D eigenvalue weighted by molar-refractivity contribution is 0.110. The van der Waals surface area contributed by atoms with E-state index in [0.29, 0.717) is 11.8 Å². The quantitative estimate of drug-likeness (QED) is 0.118. The number of aromatic nitrogens is 3. The number of hydrogen-bond donors (Lipinski definition) is 3. The number of nitrogens with zero attached hydrogens (tertiary/aromatic N) is 3. The van der Waals surface area contributed by atoms with Crippen molar-refractivity contribution in [3.05, 3.63) is 70.0 Å². The minimum Gasteiger partial charge on any atom is -0.494 e. The molecule has 0 radical (unpaired) electrons. The smallest absolute Gasteiger partial charge is 0.280 e. The lowest BCUT2D eigenvalue weighted by atomic mass is 10.0. The highest BCUT2D eigenvalue weighted by Gasteiger charge is 2.59. The summed E-state index contributed by atoms with van der Waals surface area (Å²) in [5.74, 6) is -2.94. The first-order valence-corrected chi connectivity index (χ1v) is 11.6. The van der Waals surface area contributed by atoms with Crippen molar-refractivity contribution in [3.8, 4) is 22.7 Å². The molecule has 1 aliphatic carbocycles. The number of carbonyl (C=O) groups excluding carboxylic acids is 1. The van der Waals surface area contributed by atoms with Crippen molar-refractivity contribution < 1.29 is 28.5 Å². The zero-order valence-corrected chi connectivity index (χ0v) is 21.5. The molecule has 1 aliphatic rings. The summed E-state index contributed by atoms with van der Waals surface area (Å²) in [5, 5.41) is 7.12. The molecule has 0 aliphatic heterocycles. The minimum absolute atomic E-state index is 0. The number of aryl methyl sites for hydroxylation is 1. The molecule has 0 aromatic carbocycles. The van der Waals surface area contributed by atoms with Gasteiger partial charge in [0.25, 0.3) is 17.9 Å². The average Bonchev–Trinajstić information content (AvgIpc) is 3.52. The predicted octanol–water partition coefficient (Wildman–Crippen LogP) is 5.26. The van der Waals surface area contributed by atoms with Gasteiger partial charge < -0.3 is 10.9 Å². The molecule has 5 N–H and O–H groups in total. The van der Waals surface area contributed by atoms with Crippen LogP contribution in [-0.4, -0.2) is 45.9 Å². The van der Waals surface area contributed by atoms with Gasteiger partial charge in [0.05, 0.1) is 24.3 Å². The molecule has 0 saturated heterocycles. The van der Waals surface area contributed by atoms with Crippen LogP contribution in [0.1, 0.15) is 35.9 Å². The molecule has 1 atom stereocenters. The molecule has 0 amide bonds. The van der Waals surface area contributed by atoms with Crippen LogP contribution in [0, 0.1) is 18.3 Å². The molecule has 206 valence electrons. The Morgan fingerprint density at radius 2 is 1.97 bits per heavy atom. The van der Waals surface area contributed by atoms with Gasteiger partial charge in [-0.15, -0.1) is 0 Å². The second-order valence-electron chi connectivity index (χ2n) is 7.96. The van der Waals surface area contributed by atoms with Gasteiger partial charge in [0, 0.05) is 43.0 Å². The van der Waals surface area contributed by atoms with E-state index in [9.17, 15) is 27.2 Å². The molecule has 9 nitrogen and oxygen atoms in total. The van der Waals surface area contributed by atoms with Crippen molar-refractivity contribution in [1.29, 1.82) is 5.41 Å². The van der Waals surface area contributed by atoms with E-state index in [1.54, 1.807) is 26.2 Å². The van der Waals surface area contributed by atoms with Crippen LogP contribution in [0.15, 0.2) is 47.7 Å². The topological polar surface area (TPSA) is 145 Å². The van der Waals surface area contributed by atoms with Crippen molar-refractivity contribution in [2.45, 2.75) is 25.7 Å². The minimum atomic E-state index is -2.78. The van der Waals surface area contributed by atoms with Gasteiger partial charge in [-0.2, -0.15) is 0 Å². The third-order valence-electron chi connectivity index (χ3n) is 5.35. The number of methoxy groups -OCH3 is 1. The first kappa shape index (κ1) is 30.6. The van der Waals surface area contributed by atoms with E-state index in [4.69, 9.17) is 10.1 Å². The fourth-order valence-electron chi connectivity index (χ4n) is 3.31. The number of alkyl halides is 4. The van der Waals surface area contributed by atoms with Crippen LogP contribution >= 0.6 is 11.9 Å². The summed E-state index contributed by atoms with van der Waals surface area (Å²) in [6, 6.07) is 5.82. The normalized spacial score (nSPS) is 15.1. The van der Waals surface area contributed by atoms with Crippen LogP contribution in [0.4, 0.5) is 17.6 Å². The van der Waals surface area contributed by atoms with Crippen molar-refractivity contribution >= 4 is 23.3 Å². The summed E-state index contributed by atoms with van der Waals surface area (Å²) in [6.45, 7) is 1.79.